The van der Waals surface area contributed by atoms with Crippen LogP contribution in [0.5, 0.6) is 11.5 Å². The molecule has 0 saturated carbocycles. The van der Waals surface area contributed by atoms with Gasteiger partial charge in [-0.3, -0.25) is 0 Å². The molecule has 2 saturated heterocycles. The third-order valence-electron chi connectivity index (χ3n) is 3.24. The lowest BCUT2D eigenvalue weighted by atomic mass is 10.2. The number of epoxide rings is 2. The summed E-state index contributed by atoms with van der Waals surface area (Å²) in [6.45, 7) is 1.46. The highest BCUT2D eigenvalue weighted by Gasteiger charge is 2.33. The third kappa shape index (κ3) is 3.61. The van der Waals surface area contributed by atoms with Gasteiger partial charge in [-0.2, -0.15) is 0 Å². The van der Waals surface area contributed by atoms with Gasteiger partial charge in [0, 0.05) is 0 Å². The van der Waals surface area contributed by atoms with Crippen molar-refractivity contribution in [1.29, 1.82) is 0 Å². The fourth-order valence-corrected chi connectivity index (χ4v) is 1.81. The number of hydrogen-bond acceptors (Lipinski definition) is 6. The van der Waals surface area contributed by atoms with E-state index < -0.39 is 12.2 Å². The summed E-state index contributed by atoms with van der Waals surface area (Å²) in [5.41, 5.74) is 0. The van der Waals surface area contributed by atoms with Gasteiger partial charge >= 0.3 is 0 Å². The molecule has 0 bridgehead atoms. The molecule has 2 aliphatic rings. The Morgan fingerprint density at radius 1 is 0.950 bits per heavy atom. The second kappa shape index (κ2) is 5.97. The molecule has 1 aromatic carbocycles. The van der Waals surface area contributed by atoms with Crippen molar-refractivity contribution in [3.63, 3.8) is 0 Å². The Kier molecular flexibility index (Phi) is 4.07. The maximum atomic E-state index is 9.69. The lowest BCUT2D eigenvalue weighted by molar-refractivity contribution is 0.0696. The van der Waals surface area contributed by atoms with E-state index in [4.69, 9.17) is 18.9 Å². The summed E-state index contributed by atoms with van der Waals surface area (Å²) in [4.78, 5) is 0. The number of para-hydroxylation sites is 2. The monoisotopic (exact) mass is 282 g/mol. The summed E-state index contributed by atoms with van der Waals surface area (Å²) in [6.07, 6.45) is -1.49. The number of aliphatic hydroxyl groups is 2. The van der Waals surface area contributed by atoms with Crippen LogP contribution in [0.3, 0.4) is 0 Å². The Morgan fingerprint density at radius 3 is 1.70 bits per heavy atom. The highest BCUT2D eigenvalue weighted by atomic mass is 16.6. The largest absolute Gasteiger partial charge is 0.487 e. The highest BCUT2D eigenvalue weighted by molar-refractivity contribution is 5.39. The number of rotatable bonds is 8. The van der Waals surface area contributed by atoms with Crippen molar-refractivity contribution >= 4 is 0 Å². The topological polar surface area (TPSA) is 84.0 Å². The van der Waals surface area contributed by atoms with Gasteiger partial charge in [0.25, 0.3) is 0 Å². The van der Waals surface area contributed by atoms with E-state index in [0.717, 1.165) is 0 Å². The van der Waals surface area contributed by atoms with E-state index in [2.05, 4.69) is 0 Å². The zero-order valence-electron chi connectivity index (χ0n) is 11.0. The Bertz CT molecular complexity index is 402. The van der Waals surface area contributed by atoms with Gasteiger partial charge in [0.1, 0.15) is 37.6 Å². The zero-order chi connectivity index (χ0) is 13.9. The van der Waals surface area contributed by atoms with Crippen molar-refractivity contribution in [3.05, 3.63) is 24.3 Å². The fourth-order valence-electron chi connectivity index (χ4n) is 1.81. The molecule has 4 atom stereocenters. The number of benzene rings is 1. The standard InChI is InChI=1S/C14H18O6/c15-9(13-7-19-13)5-17-11-3-1-2-4-12(11)18-6-10(16)14-8-20-14/h1-4,9-10,13-16H,5-8H2. The molecule has 2 heterocycles. The van der Waals surface area contributed by atoms with E-state index in [0.29, 0.717) is 24.7 Å². The molecule has 4 unspecified atom stereocenters. The lowest BCUT2D eigenvalue weighted by Crippen LogP contribution is -2.25. The highest BCUT2D eigenvalue weighted by Crippen LogP contribution is 2.28. The molecule has 0 aromatic heterocycles. The van der Waals surface area contributed by atoms with E-state index in [1.165, 1.54) is 0 Å². The first-order valence-corrected chi connectivity index (χ1v) is 6.68. The Morgan fingerprint density at radius 2 is 1.35 bits per heavy atom. The molecule has 0 aliphatic carbocycles. The summed E-state index contributed by atoms with van der Waals surface area (Å²) in [5.74, 6) is 1.08. The minimum absolute atomic E-state index is 0.114. The Balaban J connectivity index is 1.52. The molecule has 20 heavy (non-hydrogen) atoms. The maximum absolute atomic E-state index is 9.69. The molecule has 1 aromatic rings. The molecule has 2 aliphatic heterocycles. The fraction of sp³-hybridized carbons (Fsp3) is 0.571. The van der Waals surface area contributed by atoms with Crippen LogP contribution in [0.25, 0.3) is 0 Å². The van der Waals surface area contributed by atoms with Gasteiger partial charge < -0.3 is 29.2 Å². The van der Waals surface area contributed by atoms with Gasteiger partial charge in [0.15, 0.2) is 11.5 Å². The first-order chi connectivity index (χ1) is 9.74. The summed E-state index contributed by atoms with van der Waals surface area (Å²) in [7, 11) is 0. The van der Waals surface area contributed by atoms with Gasteiger partial charge in [-0.25, -0.2) is 0 Å². The predicted molar refractivity (Wildman–Crippen MR) is 68.9 cm³/mol. The number of hydrogen-bond donors (Lipinski definition) is 2. The molecule has 0 amide bonds. The quantitative estimate of drug-likeness (QED) is 0.651. The maximum Gasteiger partial charge on any atom is 0.161 e. The van der Waals surface area contributed by atoms with Crippen LogP contribution in [-0.2, 0) is 9.47 Å². The predicted octanol–water partition coefficient (Wildman–Crippen LogP) is -0.0364. The van der Waals surface area contributed by atoms with Crippen molar-refractivity contribution in [2.24, 2.45) is 0 Å². The van der Waals surface area contributed by atoms with E-state index >= 15 is 0 Å². The molecule has 6 nitrogen and oxygen atoms in total. The molecular formula is C14H18O6. The zero-order valence-corrected chi connectivity index (χ0v) is 11.0. The minimum Gasteiger partial charge on any atom is -0.487 e. The second-order valence-corrected chi connectivity index (χ2v) is 4.95. The van der Waals surface area contributed by atoms with Crippen molar-refractivity contribution < 1.29 is 29.2 Å². The Hall–Kier alpha value is -1.34. The average molecular weight is 282 g/mol. The van der Waals surface area contributed by atoms with Gasteiger partial charge in [0.2, 0.25) is 0 Å². The van der Waals surface area contributed by atoms with Crippen molar-refractivity contribution in [2.75, 3.05) is 26.4 Å². The average Bonchev–Trinajstić information content (AvgIpc) is 3.32. The normalized spacial score (nSPS) is 26.7. The molecule has 2 N–H and O–H groups in total. The molecule has 6 heteroatoms. The van der Waals surface area contributed by atoms with E-state index in [9.17, 15) is 10.2 Å². The van der Waals surface area contributed by atoms with Crippen LogP contribution in [0.4, 0.5) is 0 Å². The van der Waals surface area contributed by atoms with Crippen molar-refractivity contribution in [1.82, 2.24) is 0 Å². The van der Waals surface area contributed by atoms with Gasteiger partial charge in [0.05, 0.1) is 13.2 Å². The van der Waals surface area contributed by atoms with E-state index in [1.54, 1.807) is 12.1 Å². The first kappa shape index (κ1) is 13.6. The van der Waals surface area contributed by atoms with E-state index in [1.807, 2.05) is 12.1 Å². The molecule has 110 valence electrons. The van der Waals surface area contributed by atoms with Gasteiger partial charge in [-0.05, 0) is 12.1 Å². The first-order valence-electron chi connectivity index (χ1n) is 6.68. The summed E-state index contributed by atoms with van der Waals surface area (Å²) < 4.78 is 21.1. The SMILES string of the molecule is OC(COc1ccccc1OCC(O)C1CO1)C1CO1. The smallest absolute Gasteiger partial charge is 0.161 e. The van der Waals surface area contributed by atoms with Crippen LogP contribution in [0.1, 0.15) is 0 Å². The summed E-state index contributed by atoms with van der Waals surface area (Å²) >= 11 is 0. The third-order valence-corrected chi connectivity index (χ3v) is 3.24. The van der Waals surface area contributed by atoms with Crippen LogP contribution in [0, 0.1) is 0 Å². The number of aliphatic hydroxyl groups excluding tert-OH is 2. The van der Waals surface area contributed by atoms with Crippen LogP contribution in [0.15, 0.2) is 24.3 Å². The van der Waals surface area contributed by atoms with Gasteiger partial charge in [-0.15, -0.1) is 0 Å². The molecular weight excluding hydrogens is 264 g/mol. The Labute approximate surface area is 116 Å². The van der Waals surface area contributed by atoms with Crippen LogP contribution < -0.4 is 9.47 Å². The summed E-state index contributed by atoms with van der Waals surface area (Å²) in [5, 5.41) is 19.4. The molecule has 3 rings (SSSR count). The van der Waals surface area contributed by atoms with Crippen LogP contribution in [0.2, 0.25) is 0 Å². The molecule has 2 fully saturated rings. The van der Waals surface area contributed by atoms with Crippen LogP contribution >= 0.6 is 0 Å². The summed E-state index contributed by atoms with van der Waals surface area (Å²) in [6, 6.07) is 7.16. The number of ether oxygens (including phenoxy) is 4. The second-order valence-electron chi connectivity index (χ2n) is 4.95. The van der Waals surface area contributed by atoms with Crippen LogP contribution in [-0.4, -0.2) is 61.1 Å². The minimum atomic E-state index is -0.631. The molecule has 0 radical (unpaired) electrons. The van der Waals surface area contributed by atoms with Crippen molar-refractivity contribution in [2.45, 2.75) is 24.4 Å². The van der Waals surface area contributed by atoms with Crippen molar-refractivity contribution in [3.8, 4) is 11.5 Å². The van der Waals surface area contributed by atoms with Gasteiger partial charge in [-0.1, -0.05) is 12.1 Å². The lowest BCUT2D eigenvalue weighted by Gasteiger charge is -2.15. The van der Waals surface area contributed by atoms with E-state index in [-0.39, 0.29) is 25.4 Å². The molecule has 0 spiro atoms.